The quantitative estimate of drug-likeness (QED) is 0.516. The largest absolute Gasteiger partial charge is 0.320 e. The molecule has 1 atom stereocenters. The predicted molar refractivity (Wildman–Crippen MR) is 103 cm³/mol. The molecule has 138 valence electrons. The number of thiazole rings is 1. The standard InChI is InChI=1S/C18H27ClN4OS/c1-3-10-23(15(24)11-14(4-2)21-12-20)18-22-17(19)16(25-18)13-8-6-5-7-9-13/h13-14,21H,3-11H2,1-2H3/t14-/m1/s1. The third-order valence-electron chi connectivity index (χ3n) is 4.74. The Morgan fingerprint density at radius 2 is 2.16 bits per heavy atom. The van der Waals surface area contributed by atoms with Gasteiger partial charge in [0.1, 0.15) is 5.15 Å². The number of nitriles is 1. The molecule has 1 aromatic rings. The molecule has 0 aromatic carbocycles. The first-order chi connectivity index (χ1) is 12.1. The zero-order valence-electron chi connectivity index (χ0n) is 15.1. The Morgan fingerprint density at radius 1 is 1.44 bits per heavy atom. The molecule has 1 aliphatic carbocycles. The molecule has 1 fully saturated rings. The summed E-state index contributed by atoms with van der Waals surface area (Å²) in [5.74, 6) is 0.479. The van der Waals surface area contributed by atoms with Gasteiger partial charge in [-0.25, -0.2) is 4.98 Å². The second-order valence-corrected chi connectivity index (χ2v) is 7.96. The highest BCUT2D eigenvalue weighted by molar-refractivity contribution is 7.16. The minimum absolute atomic E-state index is 0.00272. The molecule has 0 radical (unpaired) electrons. The third kappa shape index (κ3) is 5.32. The first-order valence-electron chi connectivity index (χ1n) is 9.21. The summed E-state index contributed by atoms with van der Waals surface area (Å²) in [5.41, 5.74) is 0. The van der Waals surface area contributed by atoms with Crippen LogP contribution in [0.25, 0.3) is 0 Å². The van der Waals surface area contributed by atoms with Crippen LogP contribution in [0.1, 0.15) is 76.0 Å². The van der Waals surface area contributed by atoms with E-state index in [4.69, 9.17) is 16.9 Å². The molecule has 25 heavy (non-hydrogen) atoms. The van der Waals surface area contributed by atoms with Crippen LogP contribution in [0.3, 0.4) is 0 Å². The number of aromatic nitrogens is 1. The van der Waals surface area contributed by atoms with E-state index in [0.717, 1.165) is 30.6 Å². The molecular weight excluding hydrogens is 356 g/mol. The van der Waals surface area contributed by atoms with E-state index in [0.29, 0.717) is 29.2 Å². The van der Waals surface area contributed by atoms with Crippen LogP contribution in [0.5, 0.6) is 0 Å². The second kappa shape index (κ2) is 9.98. The molecule has 1 heterocycles. The normalized spacial score (nSPS) is 16.2. The van der Waals surface area contributed by atoms with Gasteiger partial charge in [-0.15, -0.1) is 0 Å². The second-order valence-electron chi connectivity index (χ2n) is 6.60. The number of nitrogens with zero attached hydrogens (tertiary/aromatic N) is 3. The summed E-state index contributed by atoms with van der Waals surface area (Å²) in [6.45, 7) is 4.63. The van der Waals surface area contributed by atoms with Crippen LogP contribution in [0.2, 0.25) is 5.15 Å². The first-order valence-corrected chi connectivity index (χ1v) is 10.4. The van der Waals surface area contributed by atoms with Crippen LogP contribution >= 0.6 is 22.9 Å². The van der Waals surface area contributed by atoms with E-state index in [1.165, 1.54) is 19.3 Å². The molecule has 0 bridgehead atoms. The lowest BCUT2D eigenvalue weighted by atomic mass is 9.88. The molecule has 5 nitrogen and oxygen atoms in total. The van der Waals surface area contributed by atoms with E-state index in [-0.39, 0.29) is 11.9 Å². The topological polar surface area (TPSA) is 69.0 Å². The van der Waals surface area contributed by atoms with E-state index in [2.05, 4.69) is 10.3 Å². The van der Waals surface area contributed by atoms with Crippen molar-refractivity contribution in [2.24, 2.45) is 0 Å². The number of anilines is 1. The van der Waals surface area contributed by atoms with Crippen molar-refractivity contribution in [1.82, 2.24) is 10.3 Å². The van der Waals surface area contributed by atoms with Crippen molar-refractivity contribution < 1.29 is 4.79 Å². The van der Waals surface area contributed by atoms with E-state index >= 15 is 0 Å². The molecule has 7 heteroatoms. The monoisotopic (exact) mass is 382 g/mol. The van der Waals surface area contributed by atoms with Crippen LogP contribution < -0.4 is 10.2 Å². The number of carbonyl (C=O) groups is 1. The lowest BCUT2D eigenvalue weighted by Crippen LogP contribution is -2.37. The number of carbonyl (C=O) groups excluding carboxylic acids is 1. The van der Waals surface area contributed by atoms with Crippen LogP contribution in [0, 0.1) is 11.5 Å². The zero-order valence-corrected chi connectivity index (χ0v) is 16.6. The minimum Gasteiger partial charge on any atom is -0.320 e. The van der Waals surface area contributed by atoms with Gasteiger partial charge in [0.05, 0.1) is 0 Å². The van der Waals surface area contributed by atoms with Crippen molar-refractivity contribution in [3.8, 4) is 6.19 Å². The van der Waals surface area contributed by atoms with Gasteiger partial charge in [0, 0.05) is 23.9 Å². The van der Waals surface area contributed by atoms with Crippen LogP contribution in [0.15, 0.2) is 0 Å². The number of hydrogen-bond donors (Lipinski definition) is 1. The van der Waals surface area contributed by atoms with Gasteiger partial charge in [-0.3, -0.25) is 9.69 Å². The van der Waals surface area contributed by atoms with Crippen molar-refractivity contribution in [2.45, 2.75) is 77.2 Å². The Labute approximate surface area is 159 Å². The Hall–Kier alpha value is -1.32. The molecule has 1 N–H and O–H groups in total. The molecule has 0 saturated heterocycles. The van der Waals surface area contributed by atoms with Crippen molar-refractivity contribution in [2.75, 3.05) is 11.4 Å². The maximum Gasteiger partial charge on any atom is 0.230 e. The van der Waals surface area contributed by atoms with Gasteiger partial charge < -0.3 is 5.32 Å². The van der Waals surface area contributed by atoms with Gasteiger partial charge in [0.2, 0.25) is 5.91 Å². The number of halogens is 1. The average Bonchev–Trinajstić information content (AvgIpc) is 3.01. The number of nitrogens with one attached hydrogen (secondary N) is 1. The van der Waals surface area contributed by atoms with Gasteiger partial charge in [0.15, 0.2) is 11.3 Å². The third-order valence-corrected chi connectivity index (χ3v) is 6.38. The predicted octanol–water partition coefficient (Wildman–Crippen LogP) is 4.83. The fraction of sp³-hybridized carbons (Fsp3) is 0.722. The smallest absolute Gasteiger partial charge is 0.230 e. The fourth-order valence-corrected chi connectivity index (χ4v) is 4.86. The summed E-state index contributed by atoms with van der Waals surface area (Å²) in [5, 5.41) is 12.8. The SMILES string of the molecule is CCCN(C(=O)C[C@@H](CC)NC#N)c1nc(Cl)c(C2CCCCC2)s1. The highest BCUT2D eigenvalue weighted by Gasteiger charge is 2.26. The van der Waals surface area contributed by atoms with E-state index in [1.54, 1.807) is 16.2 Å². The molecule has 0 spiro atoms. The Bertz CT molecular complexity index is 607. The summed E-state index contributed by atoms with van der Waals surface area (Å²) in [6.07, 6.45) is 9.90. The van der Waals surface area contributed by atoms with Gasteiger partial charge in [-0.1, -0.05) is 56.0 Å². The minimum atomic E-state index is -0.134. The highest BCUT2D eigenvalue weighted by atomic mass is 35.5. The number of amides is 1. The first kappa shape index (κ1) is 20.0. The summed E-state index contributed by atoms with van der Waals surface area (Å²) < 4.78 is 0. The van der Waals surface area contributed by atoms with Gasteiger partial charge >= 0.3 is 0 Å². The number of hydrogen-bond acceptors (Lipinski definition) is 5. The van der Waals surface area contributed by atoms with E-state index < -0.39 is 0 Å². The fourth-order valence-electron chi connectivity index (χ4n) is 3.29. The molecule has 1 saturated carbocycles. The van der Waals surface area contributed by atoms with Crippen LogP contribution in [0.4, 0.5) is 5.13 Å². The Morgan fingerprint density at radius 3 is 2.76 bits per heavy atom. The molecule has 1 amide bonds. The van der Waals surface area contributed by atoms with Crippen LogP contribution in [-0.4, -0.2) is 23.5 Å². The van der Waals surface area contributed by atoms with Crippen molar-refractivity contribution in [3.05, 3.63) is 10.0 Å². The van der Waals surface area contributed by atoms with E-state index in [1.807, 2.05) is 20.0 Å². The zero-order chi connectivity index (χ0) is 18.2. The molecule has 2 rings (SSSR count). The maximum atomic E-state index is 12.8. The van der Waals surface area contributed by atoms with Crippen molar-refractivity contribution >= 4 is 34.0 Å². The van der Waals surface area contributed by atoms with Crippen molar-refractivity contribution in [1.29, 1.82) is 5.26 Å². The Balaban J connectivity index is 2.16. The summed E-state index contributed by atoms with van der Waals surface area (Å²) in [4.78, 5) is 20.2. The van der Waals surface area contributed by atoms with Crippen LogP contribution in [-0.2, 0) is 4.79 Å². The summed E-state index contributed by atoms with van der Waals surface area (Å²) in [6, 6.07) is -0.134. The lowest BCUT2D eigenvalue weighted by molar-refractivity contribution is -0.119. The highest BCUT2D eigenvalue weighted by Crippen LogP contribution is 2.42. The van der Waals surface area contributed by atoms with Crippen molar-refractivity contribution in [3.63, 3.8) is 0 Å². The average molecular weight is 383 g/mol. The summed E-state index contributed by atoms with van der Waals surface area (Å²) >= 11 is 7.98. The lowest BCUT2D eigenvalue weighted by Gasteiger charge is -2.22. The summed E-state index contributed by atoms with van der Waals surface area (Å²) in [7, 11) is 0. The molecule has 0 aliphatic heterocycles. The van der Waals surface area contributed by atoms with E-state index in [9.17, 15) is 4.79 Å². The molecular formula is C18H27ClN4OS. The van der Waals surface area contributed by atoms with Gasteiger partial charge in [-0.05, 0) is 31.6 Å². The molecule has 1 aromatic heterocycles. The molecule has 1 aliphatic rings. The maximum absolute atomic E-state index is 12.8. The number of rotatable bonds is 8. The molecule has 0 unspecified atom stereocenters. The van der Waals surface area contributed by atoms with Gasteiger partial charge in [-0.2, -0.15) is 5.26 Å². The van der Waals surface area contributed by atoms with Gasteiger partial charge in [0.25, 0.3) is 0 Å². The Kier molecular flexibility index (Phi) is 7.98.